The van der Waals surface area contributed by atoms with Gasteiger partial charge in [-0.1, -0.05) is 18.2 Å². The highest BCUT2D eigenvalue weighted by Gasteiger charge is 2.16. The highest BCUT2D eigenvalue weighted by atomic mass is 19.1. The van der Waals surface area contributed by atoms with Crippen molar-refractivity contribution in [3.8, 4) is 5.75 Å². The number of hydrogen-bond acceptors (Lipinski definition) is 3. The molecule has 0 aliphatic rings. The van der Waals surface area contributed by atoms with Crippen LogP contribution in [-0.4, -0.2) is 19.5 Å². The summed E-state index contributed by atoms with van der Waals surface area (Å²) in [5.41, 5.74) is 0.268. The Bertz CT molecular complexity index is 604. The summed E-state index contributed by atoms with van der Waals surface area (Å²) in [6.07, 6.45) is 0. The number of Topliss-reactive ketones (excluding diaryl/α,β-unsaturated/α-hetero) is 1. The quantitative estimate of drug-likeness (QED) is 0.766. The van der Waals surface area contributed by atoms with Gasteiger partial charge < -0.3 is 9.47 Å². The number of methoxy groups -OCH3 is 1. The summed E-state index contributed by atoms with van der Waals surface area (Å²) in [6.45, 7) is -0.213. The summed E-state index contributed by atoms with van der Waals surface area (Å²) in [5.74, 6) is -1.77. The molecular formula is C16H14F2O3. The molecule has 110 valence electrons. The molecular weight excluding hydrogens is 278 g/mol. The predicted octanol–water partition coefficient (Wildman–Crippen LogP) is 3.37. The van der Waals surface area contributed by atoms with Gasteiger partial charge in [-0.25, -0.2) is 8.78 Å². The number of hydrogen-bond donors (Lipinski definition) is 0. The van der Waals surface area contributed by atoms with E-state index in [0.717, 1.165) is 17.7 Å². The summed E-state index contributed by atoms with van der Waals surface area (Å²) < 4.78 is 37.0. The average molecular weight is 292 g/mol. The Morgan fingerprint density at radius 1 is 1.05 bits per heavy atom. The van der Waals surface area contributed by atoms with Crippen molar-refractivity contribution < 1.29 is 23.0 Å². The van der Waals surface area contributed by atoms with Crippen LogP contribution in [-0.2, 0) is 11.3 Å². The molecule has 0 saturated heterocycles. The first-order valence-corrected chi connectivity index (χ1v) is 6.29. The molecule has 5 heteroatoms. The number of ether oxygens (including phenoxy) is 2. The molecule has 2 rings (SSSR count). The van der Waals surface area contributed by atoms with E-state index in [0.29, 0.717) is 5.75 Å². The minimum atomic E-state index is -0.881. The van der Waals surface area contributed by atoms with Crippen LogP contribution in [0, 0.1) is 11.6 Å². The van der Waals surface area contributed by atoms with Crippen molar-refractivity contribution in [3.63, 3.8) is 0 Å². The molecule has 0 bridgehead atoms. The summed E-state index contributed by atoms with van der Waals surface area (Å²) >= 11 is 0. The van der Waals surface area contributed by atoms with Gasteiger partial charge in [-0.2, -0.15) is 0 Å². The van der Waals surface area contributed by atoms with Gasteiger partial charge in [0, 0.05) is 0 Å². The topological polar surface area (TPSA) is 35.5 Å². The second-order valence-electron chi connectivity index (χ2n) is 4.36. The fourth-order valence-electron chi connectivity index (χ4n) is 1.82. The lowest BCUT2D eigenvalue weighted by atomic mass is 10.1. The van der Waals surface area contributed by atoms with Crippen LogP contribution in [0.4, 0.5) is 8.78 Å². The Morgan fingerprint density at radius 2 is 1.67 bits per heavy atom. The summed E-state index contributed by atoms with van der Waals surface area (Å²) in [5, 5.41) is 0. The van der Waals surface area contributed by atoms with E-state index < -0.39 is 23.0 Å². The fraction of sp³-hybridized carbons (Fsp3) is 0.188. The molecule has 2 aromatic carbocycles. The predicted molar refractivity (Wildman–Crippen MR) is 73.3 cm³/mol. The van der Waals surface area contributed by atoms with Crippen LogP contribution in [0.1, 0.15) is 15.9 Å². The van der Waals surface area contributed by atoms with Crippen molar-refractivity contribution in [1.82, 2.24) is 0 Å². The van der Waals surface area contributed by atoms with Gasteiger partial charge in [0.05, 0.1) is 19.3 Å². The lowest BCUT2D eigenvalue weighted by molar-refractivity contribution is 0.0718. The van der Waals surface area contributed by atoms with E-state index in [1.807, 2.05) is 0 Å². The van der Waals surface area contributed by atoms with Crippen molar-refractivity contribution in [2.75, 3.05) is 13.7 Å². The summed E-state index contributed by atoms with van der Waals surface area (Å²) in [6, 6.07) is 10.4. The van der Waals surface area contributed by atoms with E-state index in [4.69, 9.17) is 9.47 Å². The molecule has 0 aromatic heterocycles. The van der Waals surface area contributed by atoms with E-state index in [1.165, 1.54) is 6.07 Å². The van der Waals surface area contributed by atoms with Crippen LogP contribution in [0.3, 0.4) is 0 Å². The van der Waals surface area contributed by atoms with Crippen molar-refractivity contribution in [1.29, 1.82) is 0 Å². The molecule has 0 unspecified atom stereocenters. The molecule has 2 aromatic rings. The van der Waals surface area contributed by atoms with Gasteiger partial charge >= 0.3 is 0 Å². The van der Waals surface area contributed by atoms with Gasteiger partial charge in [-0.15, -0.1) is 0 Å². The van der Waals surface area contributed by atoms with Gasteiger partial charge in [0.25, 0.3) is 0 Å². The highest BCUT2D eigenvalue weighted by molar-refractivity contribution is 5.97. The van der Waals surface area contributed by atoms with Gasteiger partial charge in [-0.05, 0) is 29.8 Å². The molecule has 0 amide bonds. The Kier molecular flexibility index (Phi) is 5.00. The first-order chi connectivity index (χ1) is 10.1. The number of carbonyl (C=O) groups excluding carboxylic acids is 1. The Morgan fingerprint density at radius 3 is 2.24 bits per heavy atom. The largest absolute Gasteiger partial charge is 0.497 e. The average Bonchev–Trinajstić information content (AvgIpc) is 2.48. The normalized spacial score (nSPS) is 10.4. The summed E-state index contributed by atoms with van der Waals surface area (Å²) in [7, 11) is 1.56. The Labute approximate surface area is 121 Å². The smallest absolute Gasteiger partial charge is 0.194 e. The van der Waals surface area contributed by atoms with E-state index in [1.54, 1.807) is 31.4 Å². The van der Waals surface area contributed by atoms with Crippen LogP contribution < -0.4 is 4.74 Å². The number of carbonyl (C=O) groups is 1. The molecule has 0 atom stereocenters. The Balaban J connectivity index is 1.92. The van der Waals surface area contributed by atoms with E-state index in [-0.39, 0.29) is 13.2 Å². The zero-order valence-electron chi connectivity index (χ0n) is 11.4. The highest BCUT2D eigenvalue weighted by Crippen LogP contribution is 2.14. The van der Waals surface area contributed by atoms with Crippen LogP contribution >= 0.6 is 0 Å². The number of benzene rings is 2. The van der Waals surface area contributed by atoms with Crippen LogP contribution in [0.15, 0.2) is 42.5 Å². The zero-order chi connectivity index (χ0) is 15.2. The fourth-order valence-corrected chi connectivity index (χ4v) is 1.82. The first-order valence-electron chi connectivity index (χ1n) is 6.29. The number of ketones is 1. The third-order valence-electron chi connectivity index (χ3n) is 2.90. The second kappa shape index (κ2) is 6.95. The third kappa shape index (κ3) is 3.86. The standard InChI is InChI=1S/C16H14F2O3/c1-20-12-7-5-11(6-8-12)9-21-10-15(19)16-13(17)3-2-4-14(16)18/h2-8H,9-10H2,1H3. The second-order valence-corrected chi connectivity index (χ2v) is 4.36. The van der Waals surface area contributed by atoms with Crippen LogP contribution in [0.5, 0.6) is 5.75 Å². The summed E-state index contributed by atoms with van der Waals surface area (Å²) in [4.78, 5) is 11.8. The monoisotopic (exact) mass is 292 g/mol. The molecule has 3 nitrogen and oxygen atoms in total. The molecule has 0 aliphatic heterocycles. The Hall–Kier alpha value is -2.27. The van der Waals surface area contributed by atoms with Gasteiger partial charge in [0.2, 0.25) is 0 Å². The third-order valence-corrected chi connectivity index (χ3v) is 2.90. The molecule has 0 heterocycles. The number of rotatable bonds is 6. The maximum atomic E-state index is 13.4. The maximum absolute atomic E-state index is 13.4. The number of halogens is 2. The molecule has 0 saturated carbocycles. The molecule has 0 fully saturated rings. The molecule has 0 aliphatic carbocycles. The van der Waals surface area contributed by atoms with Gasteiger partial charge in [-0.3, -0.25) is 4.79 Å². The maximum Gasteiger partial charge on any atom is 0.194 e. The zero-order valence-corrected chi connectivity index (χ0v) is 11.4. The van der Waals surface area contributed by atoms with Crippen LogP contribution in [0.2, 0.25) is 0 Å². The van der Waals surface area contributed by atoms with Crippen molar-refractivity contribution in [3.05, 3.63) is 65.2 Å². The van der Waals surface area contributed by atoms with E-state index in [9.17, 15) is 13.6 Å². The molecule has 0 spiro atoms. The van der Waals surface area contributed by atoms with E-state index >= 15 is 0 Å². The van der Waals surface area contributed by atoms with Crippen LogP contribution in [0.25, 0.3) is 0 Å². The van der Waals surface area contributed by atoms with Crippen molar-refractivity contribution in [2.24, 2.45) is 0 Å². The van der Waals surface area contributed by atoms with Gasteiger partial charge in [0.1, 0.15) is 24.0 Å². The van der Waals surface area contributed by atoms with Gasteiger partial charge in [0.15, 0.2) is 5.78 Å². The lowest BCUT2D eigenvalue weighted by Crippen LogP contribution is -2.13. The minimum absolute atomic E-state index is 0.172. The van der Waals surface area contributed by atoms with Crippen molar-refractivity contribution in [2.45, 2.75) is 6.61 Å². The lowest BCUT2D eigenvalue weighted by Gasteiger charge is -2.06. The SMILES string of the molecule is COc1ccc(COCC(=O)c2c(F)cccc2F)cc1. The first kappa shape index (κ1) is 15.1. The molecule has 0 radical (unpaired) electrons. The van der Waals surface area contributed by atoms with Crippen molar-refractivity contribution >= 4 is 5.78 Å². The van der Waals surface area contributed by atoms with E-state index in [2.05, 4.69) is 0 Å². The molecule has 21 heavy (non-hydrogen) atoms. The minimum Gasteiger partial charge on any atom is -0.497 e. The molecule has 0 N–H and O–H groups in total.